The number of hydrogen-bond donors (Lipinski definition) is 3. The van der Waals surface area contributed by atoms with Crippen molar-refractivity contribution in [3.05, 3.63) is 11.6 Å². The van der Waals surface area contributed by atoms with Crippen molar-refractivity contribution in [2.75, 3.05) is 13.7 Å². The molecule has 9 rings (SSSR count). The SMILES string of the molecule is COC1OC2(CC(C)C3C(CC4(C)C5=CCC6C(C)(C)[C@@H](O[C@@H]7OC[C@@H](O)[C@@H](O)[C@H]7O)CC[C@@]67C[C@@]57CC(OC(C)=O)[C@]34C)O2)C2OC12C. The number of rotatable bonds is 4. The lowest BCUT2D eigenvalue weighted by atomic mass is 9.44. The molecule has 4 saturated carbocycles. The monoisotopic (exact) mass is 688 g/mol. The van der Waals surface area contributed by atoms with Crippen LogP contribution in [0.4, 0.5) is 0 Å². The smallest absolute Gasteiger partial charge is 0.302 e. The highest BCUT2D eigenvalue weighted by atomic mass is 16.8. The summed E-state index contributed by atoms with van der Waals surface area (Å²) in [5, 5.41) is 31.0. The van der Waals surface area contributed by atoms with Crippen LogP contribution in [0.3, 0.4) is 0 Å². The summed E-state index contributed by atoms with van der Waals surface area (Å²) in [7, 11) is 1.66. The Hall–Kier alpha value is -1.15. The minimum Gasteiger partial charge on any atom is -0.462 e. The summed E-state index contributed by atoms with van der Waals surface area (Å²) < 4.78 is 44.3. The molecule has 0 amide bonds. The molecular formula is C38H56O11. The first-order valence-electron chi connectivity index (χ1n) is 18.7. The molecule has 4 aliphatic heterocycles. The van der Waals surface area contributed by atoms with Crippen LogP contribution in [0.2, 0.25) is 0 Å². The number of carbonyl (C=O) groups excluding carboxylic acids is 1. The fourth-order valence-electron chi connectivity index (χ4n) is 14.0. The van der Waals surface area contributed by atoms with E-state index >= 15 is 0 Å². The summed E-state index contributed by atoms with van der Waals surface area (Å²) in [5.74, 6) is -0.345. The molecular weight excluding hydrogens is 632 g/mol. The molecule has 3 spiro atoms. The Morgan fingerprint density at radius 2 is 1.73 bits per heavy atom. The van der Waals surface area contributed by atoms with Crippen LogP contribution in [-0.2, 0) is 38.0 Å². The number of hydrogen-bond acceptors (Lipinski definition) is 11. The number of allylic oxidation sites excluding steroid dienone is 2. The van der Waals surface area contributed by atoms with Gasteiger partial charge in [-0.15, -0.1) is 0 Å². The molecule has 4 saturated heterocycles. The van der Waals surface area contributed by atoms with Crippen LogP contribution in [0.15, 0.2) is 11.6 Å². The Balaban J connectivity index is 1.05. The number of ether oxygens (including phenoxy) is 7. The maximum atomic E-state index is 12.9. The van der Waals surface area contributed by atoms with Gasteiger partial charge in [-0.3, -0.25) is 4.79 Å². The van der Waals surface area contributed by atoms with Crippen molar-refractivity contribution in [2.24, 2.45) is 44.8 Å². The molecule has 0 aromatic rings. The average Bonchev–Trinajstić information content (AvgIpc) is 3.86. The third-order valence-electron chi connectivity index (χ3n) is 16.3. The lowest BCUT2D eigenvalue weighted by Gasteiger charge is -2.62. The molecule has 18 atom stereocenters. The van der Waals surface area contributed by atoms with E-state index in [1.54, 1.807) is 14.0 Å². The predicted octanol–water partition coefficient (Wildman–Crippen LogP) is 3.60. The van der Waals surface area contributed by atoms with Crippen molar-refractivity contribution in [3.63, 3.8) is 0 Å². The zero-order valence-corrected chi connectivity index (χ0v) is 30.3. The van der Waals surface area contributed by atoms with E-state index in [0.717, 1.165) is 38.5 Å². The number of aliphatic hydroxyl groups excluding tert-OH is 3. The molecule has 3 N–H and O–H groups in total. The molecule has 274 valence electrons. The van der Waals surface area contributed by atoms with Crippen molar-refractivity contribution < 1.29 is 53.3 Å². The molecule has 5 aliphatic carbocycles. The molecule has 8 fully saturated rings. The van der Waals surface area contributed by atoms with Crippen LogP contribution in [0.5, 0.6) is 0 Å². The standard InChI is InChI=1S/C38H56O11/c1-18-13-38(30-35(7,48-30)31(43-8)49-38)47-21-14-33(5)23-10-9-22-32(3,4)24(46-29-28(42)27(41)20(40)16-44-29)11-12-36(22)17-37(23,36)15-25(45-19(2)39)34(33,6)26(18)21/h10,18,20-22,24-31,40-42H,9,11-17H2,1-8H3/t18?,20-,21?,22?,24+,25?,26?,27-,28-,29+,30?,31?,33?,34-,35?,36-,37+,38?/m1/s1. The van der Waals surface area contributed by atoms with E-state index in [1.165, 1.54) is 5.57 Å². The molecule has 0 bridgehead atoms. The molecule has 11 nitrogen and oxygen atoms in total. The molecule has 49 heavy (non-hydrogen) atoms. The van der Waals surface area contributed by atoms with Gasteiger partial charge < -0.3 is 48.5 Å². The normalized spacial score (nSPS) is 60.6. The van der Waals surface area contributed by atoms with E-state index < -0.39 is 42.3 Å². The Morgan fingerprint density at radius 1 is 0.980 bits per heavy atom. The zero-order chi connectivity index (χ0) is 34.9. The molecule has 4 heterocycles. The van der Waals surface area contributed by atoms with Crippen molar-refractivity contribution >= 4 is 5.97 Å². The van der Waals surface area contributed by atoms with Crippen LogP contribution >= 0.6 is 0 Å². The topological polar surface area (TPSA) is 146 Å². The van der Waals surface area contributed by atoms with Crippen molar-refractivity contribution in [3.8, 4) is 0 Å². The second-order valence-corrected chi connectivity index (χ2v) is 18.7. The van der Waals surface area contributed by atoms with Gasteiger partial charge in [-0.2, -0.15) is 0 Å². The number of aliphatic hydroxyl groups is 3. The van der Waals surface area contributed by atoms with Gasteiger partial charge in [-0.05, 0) is 74.0 Å². The van der Waals surface area contributed by atoms with Gasteiger partial charge in [0.1, 0.15) is 36.1 Å². The van der Waals surface area contributed by atoms with Crippen LogP contribution in [0, 0.1) is 44.8 Å². The average molecular weight is 689 g/mol. The van der Waals surface area contributed by atoms with Gasteiger partial charge in [0.25, 0.3) is 0 Å². The molecule has 11 heteroatoms. The predicted molar refractivity (Wildman–Crippen MR) is 172 cm³/mol. The number of carbonyl (C=O) groups is 1. The number of esters is 1. The van der Waals surface area contributed by atoms with Crippen molar-refractivity contribution in [1.82, 2.24) is 0 Å². The maximum Gasteiger partial charge on any atom is 0.302 e. The molecule has 0 aromatic carbocycles. The largest absolute Gasteiger partial charge is 0.462 e. The van der Waals surface area contributed by atoms with Gasteiger partial charge in [0.05, 0.1) is 18.8 Å². The summed E-state index contributed by atoms with van der Waals surface area (Å²) >= 11 is 0. The fraction of sp³-hybridized carbons (Fsp3) is 0.921. The second kappa shape index (κ2) is 10.1. The first kappa shape index (κ1) is 33.7. The zero-order valence-electron chi connectivity index (χ0n) is 30.3. The third kappa shape index (κ3) is 3.93. The summed E-state index contributed by atoms with van der Waals surface area (Å²) in [6.45, 7) is 15.2. The second-order valence-electron chi connectivity index (χ2n) is 18.7. The van der Waals surface area contributed by atoms with E-state index in [4.69, 9.17) is 33.2 Å². The van der Waals surface area contributed by atoms with Gasteiger partial charge >= 0.3 is 5.97 Å². The summed E-state index contributed by atoms with van der Waals surface area (Å²) in [6.07, 6.45) is 2.72. The number of epoxide rings is 1. The quantitative estimate of drug-likeness (QED) is 0.226. The fourth-order valence-corrected chi connectivity index (χ4v) is 14.0. The van der Waals surface area contributed by atoms with E-state index in [9.17, 15) is 20.1 Å². The number of methoxy groups -OCH3 is 1. The number of fused-ring (bicyclic) bond motifs is 6. The maximum absolute atomic E-state index is 12.9. The molecule has 9 aliphatic rings. The molecule has 0 aromatic heterocycles. The van der Waals surface area contributed by atoms with E-state index in [2.05, 4.69) is 40.7 Å². The highest BCUT2D eigenvalue weighted by molar-refractivity contribution is 5.66. The lowest BCUT2D eigenvalue weighted by molar-refractivity contribution is -0.349. The van der Waals surface area contributed by atoms with E-state index in [-0.39, 0.29) is 75.9 Å². The van der Waals surface area contributed by atoms with Gasteiger partial charge in [0, 0.05) is 36.7 Å². The minimum absolute atomic E-state index is 0.0519. The highest BCUT2D eigenvalue weighted by Gasteiger charge is 2.85. The summed E-state index contributed by atoms with van der Waals surface area (Å²) in [5.41, 5.74) is 0.173. The first-order valence-corrected chi connectivity index (χ1v) is 18.7. The summed E-state index contributed by atoms with van der Waals surface area (Å²) in [4.78, 5) is 12.9. The van der Waals surface area contributed by atoms with Gasteiger partial charge in [-0.1, -0.05) is 46.3 Å². The van der Waals surface area contributed by atoms with Crippen molar-refractivity contribution in [1.29, 1.82) is 0 Å². The van der Waals surface area contributed by atoms with Crippen LogP contribution in [0.1, 0.15) is 93.4 Å². The highest BCUT2D eigenvalue weighted by Crippen LogP contribution is 2.88. The van der Waals surface area contributed by atoms with E-state index in [1.807, 2.05) is 6.92 Å². The molecule has 10 unspecified atom stereocenters. The van der Waals surface area contributed by atoms with Crippen LogP contribution in [0.25, 0.3) is 0 Å². The minimum atomic E-state index is -1.31. The third-order valence-corrected chi connectivity index (χ3v) is 16.3. The Bertz CT molecular complexity index is 1470. The van der Waals surface area contributed by atoms with Gasteiger partial charge in [-0.25, -0.2) is 0 Å². The van der Waals surface area contributed by atoms with Crippen molar-refractivity contribution in [2.45, 2.75) is 160 Å². The van der Waals surface area contributed by atoms with Gasteiger partial charge in [0.2, 0.25) is 5.79 Å². The first-order chi connectivity index (χ1) is 22.9. The van der Waals surface area contributed by atoms with Gasteiger partial charge in [0.15, 0.2) is 12.6 Å². The van der Waals surface area contributed by atoms with E-state index in [0.29, 0.717) is 12.3 Å². The Morgan fingerprint density at radius 3 is 2.43 bits per heavy atom. The molecule has 0 radical (unpaired) electrons. The Labute approximate surface area is 289 Å². The lowest BCUT2D eigenvalue weighted by Crippen LogP contribution is -2.61. The van der Waals surface area contributed by atoms with Crippen LogP contribution < -0.4 is 0 Å². The summed E-state index contributed by atoms with van der Waals surface area (Å²) in [6, 6.07) is 0. The van der Waals surface area contributed by atoms with Crippen LogP contribution in [-0.4, -0.2) is 102 Å². The Kier molecular flexibility index (Phi) is 6.93.